The van der Waals surface area contributed by atoms with Gasteiger partial charge in [0.15, 0.2) is 0 Å². The summed E-state index contributed by atoms with van der Waals surface area (Å²) >= 11 is 0. The number of hydrogen-bond acceptors (Lipinski definition) is 4. The van der Waals surface area contributed by atoms with Crippen molar-refractivity contribution >= 4 is 12.3 Å². The molecule has 1 rings (SSSR count). The van der Waals surface area contributed by atoms with Crippen LogP contribution in [0.1, 0.15) is 6.42 Å². The fourth-order valence-electron chi connectivity index (χ4n) is 1.36. The number of carbonyl (C=O) groups is 1. The van der Waals surface area contributed by atoms with E-state index in [1.165, 1.54) is 7.11 Å². The zero-order valence-electron chi connectivity index (χ0n) is 9.39. The Hall–Kier alpha value is -1.78. The van der Waals surface area contributed by atoms with Crippen molar-refractivity contribution in [1.29, 1.82) is 0 Å². The SMILES string of the molecule is C=CCOC(=O)N1CCC=C(/C=N\OC)C1. The van der Waals surface area contributed by atoms with Crippen LogP contribution in [-0.2, 0) is 9.57 Å². The quantitative estimate of drug-likeness (QED) is 0.414. The van der Waals surface area contributed by atoms with Gasteiger partial charge >= 0.3 is 6.09 Å². The van der Waals surface area contributed by atoms with E-state index in [1.54, 1.807) is 17.2 Å². The third kappa shape index (κ3) is 3.76. The van der Waals surface area contributed by atoms with Crippen LogP contribution in [0, 0.1) is 0 Å². The van der Waals surface area contributed by atoms with Gasteiger partial charge in [0.05, 0.1) is 12.8 Å². The van der Waals surface area contributed by atoms with Crippen LogP contribution in [-0.4, -0.2) is 44.0 Å². The van der Waals surface area contributed by atoms with Crippen molar-refractivity contribution in [3.8, 4) is 0 Å². The zero-order valence-corrected chi connectivity index (χ0v) is 9.39. The van der Waals surface area contributed by atoms with E-state index in [0.717, 1.165) is 12.0 Å². The van der Waals surface area contributed by atoms with Gasteiger partial charge in [-0.3, -0.25) is 0 Å². The maximum atomic E-state index is 11.5. The number of ether oxygens (including phenoxy) is 1. The van der Waals surface area contributed by atoms with Crippen molar-refractivity contribution in [2.75, 3.05) is 26.8 Å². The lowest BCUT2D eigenvalue weighted by Gasteiger charge is -2.24. The first-order chi connectivity index (χ1) is 7.77. The van der Waals surface area contributed by atoms with Gasteiger partial charge in [0.1, 0.15) is 13.7 Å². The predicted octanol–water partition coefficient (Wildman–Crippen LogP) is 1.57. The third-order valence-corrected chi connectivity index (χ3v) is 2.09. The van der Waals surface area contributed by atoms with Crippen molar-refractivity contribution < 1.29 is 14.4 Å². The van der Waals surface area contributed by atoms with Crippen LogP contribution < -0.4 is 0 Å². The van der Waals surface area contributed by atoms with Crippen molar-refractivity contribution in [2.45, 2.75) is 6.42 Å². The third-order valence-electron chi connectivity index (χ3n) is 2.09. The summed E-state index contributed by atoms with van der Waals surface area (Å²) < 4.78 is 4.95. The van der Waals surface area contributed by atoms with Crippen molar-refractivity contribution in [3.63, 3.8) is 0 Å². The van der Waals surface area contributed by atoms with Crippen molar-refractivity contribution in [2.24, 2.45) is 5.16 Å². The first-order valence-electron chi connectivity index (χ1n) is 5.06. The Bertz CT molecular complexity index is 310. The standard InChI is InChI=1S/C11H16N2O3/c1-3-7-16-11(14)13-6-4-5-10(9-13)8-12-15-2/h3,5,8H,1,4,6-7,9H2,2H3/b12-8-. The summed E-state index contributed by atoms with van der Waals surface area (Å²) in [4.78, 5) is 17.7. The molecule has 0 unspecified atom stereocenters. The van der Waals surface area contributed by atoms with Gasteiger partial charge < -0.3 is 14.5 Å². The zero-order chi connectivity index (χ0) is 11.8. The molecular weight excluding hydrogens is 208 g/mol. The van der Waals surface area contributed by atoms with Crippen LogP contribution in [0.5, 0.6) is 0 Å². The van der Waals surface area contributed by atoms with E-state index in [1.807, 2.05) is 6.08 Å². The number of nitrogens with zero attached hydrogens (tertiary/aromatic N) is 2. The Labute approximate surface area is 95.0 Å². The second kappa shape index (κ2) is 6.66. The normalized spacial score (nSPS) is 15.8. The second-order valence-electron chi connectivity index (χ2n) is 3.27. The molecule has 88 valence electrons. The molecule has 0 aromatic carbocycles. The molecule has 5 heteroatoms. The molecule has 0 radical (unpaired) electrons. The van der Waals surface area contributed by atoms with E-state index in [0.29, 0.717) is 13.1 Å². The van der Waals surface area contributed by atoms with E-state index in [2.05, 4.69) is 16.6 Å². The lowest BCUT2D eigenvalue weighted by atomic mass is 10.1. The van der Waals surface area contributed by atoms with Crippen LogP contribution in [0.3, 0.4) is 0 Å². The summed E-state index contributed by atoms with van der Waals surface area (Å²) in [5.41, 5.74) is 0.948. The van der Waals surface area contributed by atoms with E-state index < -0.39 is 0 Å². The number of rotatable bonds is 4. The fourth-order valence-corrected chi connectivity index (χ4v) is 1.36. The molecule has 5 nitrogen and oxygen atoms in total. The molecule has 0 atom stereocenters. The number of oxime groups is 1. The Balaban J connectivity index is 2.47. The molecule has 1 aliphatic rings. The lowest BCUT2D eigenvalue weighted by molar-refractivity contribution is 0.115. The van der Waals surface area contributed by atoms with Crippen LogP contribution in [0.4, 0.5) is 4.79 Å². The molecule has 0 saturated heterocycles. The summed E-state index contributed by atoms with van der Waals surface area (Å²) in [7, 11) is 1.48. The molecular formula is C11H16N2O3. The van der Waals surface area contributed by atoms with Gasteiger partial charge in [-0.1, -0.05) is 23.9 Å². The summed E-state index contributed by atoms with van der Waals surface area (Å²) in [6.07, 6.45) is 5.66. The summed E-state index contributed by atoms with van der Waals surface area (Å²) in [5.74, 6) is 0. The van der Waals surface area contributed by atoms with E-state index in [-0.39, 0.29) is 12.7 Å². The molecule has 1 aliphatic heterocycles. The molecule has 0 aromatic rings. The minimum Gasteiger partial charge on any atom is -0.445 e. The maximum Gasteiger partial charge on any atom is 0.410 e. The Kier molecular flexibility index (Phi) is 5.11. The van der Waals surface area contributed by atoms with Crippen LogP contribution >= 0.6 is 0 Å². The highest BCUT2D eigenvalue weighted by Crippen LogP contribution is 2.09. The van der Waals surface area contributed by atoms with Gasteiger partial charge in [-0.05, 0) is 12.0 Å². The number of hydrogen-bond donors (Lipinski definition) is 0. The predicted molar refractivity (Wildman–Crippen MR) is 61.3 cm³/mol. The number of amides is 1. The lowest BCUT2D eigenvalue weighted by Crippen LogP contribution is -2.36. The van der Waals surface area contributed by atoms with E-state index >= 15 is 0 Å². The molecule has 0 bridgehead atoms. The first kappa shape index (κ1) is 12.3. The van der Waals surface area contributed by atoms with Gasteiger partial charge in [-0.15, -0.1) is 0 Å². The van der Waals surface area contributed by atoms with Crippen LogP contribution in [0.2, 0.25) is 0 Å². The van der Waals surface area contributed by atoms with Gasteiger partial charge in [-0.2, -0.15) is 0 Å². The van der Waals surface area contributed by atoms with Gasteiger partial charge in [0.25, 0.3) is 0 Å². The fraction of sp³-hybridized carbons (Fsp3) is 0.455. The second-order valence-corrected chi connectivity index (χ2v) is 3.27. The largest absolute Gasteiger partial charge is 0.445 e. The molecule has 0 saturated carbocycles. The average Bonchev–Trinajstić information content (AvgIpc) is 2.33. The topological polar surface area (TPSA) is 51.1 Å². The highest BCUT2D eigenvalue weighted by atomic mass is 16.6. The van der Waals surface area contributed by atoms with Crippen molar-refractivity contribution in [1.82, 2.24) is 4.90 Å². The minimum atomic E-state index is -0.323. The number of carbonyl (C=O) groups excluding carboxylic acids is 1. The summed E-state index contributed by atoms with van der Waals surface area (Å²) in [5, 5.41) is 3.66. The molecule has 0 spiro atoms. The monoisotopic (exact) mass is 224 g/mol. The molecule has 0 aliphatic carbocycles. The summed E-state index contributed by atoms with van der Waals surface area (Å²) in [6.45, 7) is 4.89. The molecule has 1 heterocycles. The Morgan fingerprint density at radius 3 is 3.25 bits per heavy atom. The minimum absolute atomic E-state index is 0.237. The molecule has 0 fully saturated rings. The van der Waals surface area contributed by atoms with Gasteiger partial charge in [0.2, 0.25) is 0 Å². The summed E-state index contributed by atoms with van der Waals surface area (Å²) in [6, 6.07) is 0. The van der Waals surface area contributed by atoms with Crippen LogP contribution in [0.15, 0.2) is 29.5 Å². The molecule has 16 heavy (non-hydrogen) atoms. The molecule has 1 amide bonds. The molecule has 0 N–H and O–H groups in total. The van der Waals surface area contributed by atoms with Gasteiger partial charge in [-0.25, -0.2) is 4.79 Å². The first-order valence-corrected chi connectivity index (χ1v) is 5.06. The Morgan fingerprint density at radius 2 is 2.56 bits per heavy atom. The maximum absolute atomic E-state index is 11.5. The molecule has 0 aromatic heterocycles. The van der Waals surface area contributed by atoms with Crippen LogP contribution in [0.25, 0.3) is 0 Å². The smallest absolute Gasteiger partial charge is 0.410 e. The van der Waals surface area contributed by atoms with Gasteiger partial charge in [0, 0.05) is 6.54 Å². The van der Waals surface area contributed by atoms with E-state index in [9.17, 15) is 4.79 Å². The average molecular weight is 224 g/mol. The van der Waals surface area contributed by atoms with Crippen molar-refractivity contribution in [3.05, 3.63) is 24.3 Å². The van der Waals surface area contributed by atoms with E-state index in [4.69, 9.17) is 4.74 Å². The highest BCUT2D eigenvalue weighted by molar-refractivity contribution is 5.80. The Morgan fingerprint density at radius 1 is 1.75 bits per heavy atom. The highest BCUT2D eigenvalue weighted by Gasteiger charge is 2.18.